The van der Waals surface area contributed by atoms with Gasteiger partial charge in [0.1, 0.15) is 0 Å². The lowest BCUT2D eigenvalue weighted by Crippen LogP contribution is -2.48. The predicted octanol–water partition coefficient (Wildman–Crippen LogP) is 2.41. The number of nitrogens with one attached hydrogen (secondary N) is 1. The quantitative estimate of drug-likeness (QED) is 0.797. The van der Waals surface area contributed by atoms with Gasteiger partial charge in [0.05, 0.1) is 13.2 Å². The molecule has 0 saturated heterocycles. The molecule has 1 aromatic carbocycles. The van der Waals surface area contributed by atoms with Crippen molar-refractivity contribution in [3.05, 3.63) is 29.6 Å². The van der Waals surface area contributed by atoms with Gasteiger partial charge < -0.3 is 15.2 Å². The van der Waals surface area contributed by atoms with E-state index in [4.69, 9.17) is 4.74 Å². The van der Waals surface area contributed by atoms with E-state index in [2.05, 4.69) is 5.32 Å². The second kappa shape index (κ2) is 5.88. The summed E-state index contributed by atoms with van der Waals surface area (Å²) in [5.74, 6) is -0.0573. The topological polar surface area (TPSA) is 41.5 Å². The lowest BCUT2D eigenvalue weighted by Gasteiger charge is -2.29. The highest BCUT2D eigenvalue weighted by atomic mass is 19.1. The van der Waals surface area contributed by atoms with Crippen molar-refractivity contribution in [2.24, 2.45) is 0 Å². The normalized spacial score (nSPS) is 18.1. The number of halogens is 1. The third kappa shape index (κ3) is 4.18. The summed E-state index contributed by atoms with van der Waals surface area (Å²) < 4.78 is 19.0. The van der Waals surface area contributed by atoms with Gasteiger partial charge in [0.15, 0.2) is 11.6 Å². The third-order valence-electron chi connectivity index (χ3n) is 3.48. The highest BCUT2D eigenvalue weighted by Crippen LogP contribution is 2.24. The zero-order chi connectivity index (χ0) is 13.9. The molecule has 1 aromatic rings. The number of rotatable bonds is 7. The maximum Gasteiger partial charge on any atom is 0.165 e. The van der Waals surface area contributed by atoms with Crippen LogP contribution in [-0.4, -0.2) is 29.9 Å². The lowest BCUT2D eigenvalue weighted by atomic mass is 9.99. The van der Waals surface area contributed by atoms with Crippen LogP contribution in [0.15, 0.2) is 18.2 Å². The van der Waals surface area contributed by atoms with Crippen molar-refractivity contribution in [1.82, 2.24) is 5.32 Å². The van der Waals surface area contributed by atoms with Crippen molar-refractivity contribution in [3.8, 4) is 5.75 Å². The summed E-state index contributed by atoms with van der Waals surface area (Å²) in [6, 6.07) is 5.35. The Morgan fingerprint density at radius 1 is 1.47 bits per heavy atom. The summed E-state index contributed by atoms with van der Waals surface area (Å²) in [5.41, 5.74) is 0.624. The highest BCUT2D eigenvalue weighted by molar-refractivity contribution is 5.29. The molecule has 0 aliphatic heterocycles. The Labute approximate surface area is 113 Å². The van der Waals surface area contributed by atoms with Gasteiger partial charge in [-0.1, -0.05) is 6.07 Å². The van der Waals surface area contributed by atoms with E-state index >= 15 is 0 Å². The summed E-state index contributed by atoms with van der Waals surface area (Å²) in [5, 5.41) is 12.9. The Morgan fingerprint density at radius 3 is 2.84 bits per heavy atom. The minimum Gasteiger partial charge on any atom is -0.490 e. The molecule has 19 heavy (non-hydrogen) atoms. The van der Waals surface area contributed by atoms with Crippen LogP contribution in [0.1, 0.15) is 31.7 Å². The van der Waals surface area contributed by atoms with Gasteiger partial charge in [-0.05, 0) is 44.4 Å². The smallest absolute Gasteiger partial charge is 0.165 e. The first-order valence-corrected chi connectivity index (χ1v) is 6.80. The van der Waals surface area contributed by atoms with Gasteiger partial charge in [0.25, 0.3) is 0 Å². The second-order valence-electron chi connectivity index (χ2n) is 5.67. The van der Waals surface area contributed by atoms with Crippen molar-refractivity contribution in [2.75, 3.05) is 13.2 Å². The molecule has 1 aliphatic rings. The van der Waals surface area contributed by atoms with Crippen molar-refractivity contribution in [3.63, 3.8) is 0 Å². The number of hydrogen-bond donors (Lipinski definition) is 2. The maximum atomic E-state index is 13.5. The van der Waals surface area contributed by atoms with Gasteiger partial charge >= 0.3 is 0 Å². The van der Waals surface area contributed by atoms with Crippen LogP contribution in [0, 0.1) is 12.7 Å². The zero-order valence-corrected chi connectivity index (χ0v) is 11.6. The van der Waals surface area contributed by atoms with Crippen LogP contribution in [0.25, 0.3) is 0 Å². The predicted molar refractivity (Wildman–Crippen MR) is 72.9 cm³/mol. The van der Waals surface area contributed by atoms with Crippen LogP contribution in [0.3, 0.4) is 0 Å². The van der Waals surface area contributed by atoms with Gasteiger partial charge in [0, 0.05) is 18.0 Å². The molecule has 2 N–H and O–H groups in total. The molecule has 0 heterocycles. The van der Waals surface area contributed by atoms with Crippen molar-refractivity contribution in [2.45, 2.75) is 44.7 Å². The standard InChI is InChI=1S/C15H22FNO2/c1-11-3-6-13(16)14(9-11)19-8-7-15(2,10-18)17-12-4-5-12/h3,6,9,12,17-18H,4-5,7-8,10H2,1-2H3. The number of ether oxygens (including phenoxy) is 1. The Hall–Kier alpha value is -1.13. The molecule has 1 unspecified atom stereocenters. The molecule has 1 saturated carbocycles. The number of aliphatic hydroxyl groups excluding tert-OH is 1. The van der Waals surface area contributed by atoms with Crippen LogP contribution >= 0.6 is 0 Å². The monoisotopic (exact) mass is 267 g/mol. The number of benzene rings is 1. The van der Waals surface area contributed by atoms with Crippen molar-refractivity contribution in [1.29, 1.82) is 0 Å². The molecule has 4 heteroatoms. The van der Waals surface area contributed by atoms with Gasteiger partial charge in [-0.2, -0.15) is 0 Å². The van der Waals surface area contributed by atoms with E-state index in [1.807, 2.05) is 13.8 Å². The van der Waals surface area contributed by atoms with E-state index in [0.717, 1.165) is 5.56 Å². The molecule has 0 amide bonds. The Bertz CT molecular complexity index is 434. The first kappa shape index (κ1) is 14.3. The molecule has 1 aliphatic carbocycles. The van der Waals surface area contributed by atoms with Crippen molar-refractivity contribution < 1.29 is 14.2 Å². The van der Waals surface area contributed by atoms with Crippen LogP contribution in [0.2, 0.25) is 0 Å². The molecule has 0 radical (unpaired) electrons. The molecule has 106 valence electrons. The first-order chi connectivity index (χ1) is 9.02. The fourth-order valence-corrected chi connectivity index (χ4v) is 2.02. The molecule has 0 aromatic heterocycles. The number of aryl methyl sites for hydroxylation is 1. The molecule has 3 nitrogen and oxygen atoms in total. The summed E-state index contributed by atoms with van der Waals surface area (Å²) in [6.45, 7) is 4.32. The second-order valence-corrected chi connectivity index (χ2v) is 5.67. The highest BCUT2D eigenvalue weighted by Gasteiger charge is 2.31. The van der Waals surface area contributed by atoms with Crippen LogP contribution in [0.4, 0.5) is 4.39 Å². The molecule has 1 fully saturated rings. The number of hydrogen-bond acceptors (Lipinski definition) is 3. The van der Waals surface area contributed by atoms with E-state index in [1.54, 1.807) is 12.1 Å². The van der Waals surface area contributed by atoms with Crippen LogP contribution < -0.4 is 10.1 Å². The average Bonchev–Trinajstić information content (AvgIpc) is 3.17. The van der Waals surface area contributed by atoms with Gasteiger partial charge in [-0.15, -0.1) is 0 Å². The Morgan fingerprint density at radius 2 is 2.21 bits per heavy atom. The fraction of sp³-hybridized carbons (Fsp3) is 0.600. The summed E-state index contributed by atoms with van der Waals surface area (Å²) >= 11 is 0. The SMILES string of the molecule is Cc1ccc(F)c(OCCC(C)(CO)NC2CC2)c1. The zero-order valence-electron chi connectivity index (χ0n) is 11.6. The van der Waals surface area contributed by atoms with E-state index in [0.29, 0.717) is 19.1 Å². The molecule has 2 rings (SSSR count). The minimum atomic E-state index is -0.346. The van der Waals surface area contributed by atoms with Crippen LogP contribution in [0.5, 0.6) is 5.75 Å². The van der Waals surface area contributed by atoms with Crippen molar-refractivity contribution >= 4 is 0 Å². The number of aliphatic hydroxyl groups is 1. The average molecular weight is 267 g/mol. The third-order valence-corrected chi connectivity index (χ3v) is 3.48. The summed E-state index contributed by atoms with van der Waals surface area (Å²) in [6.07, 6.45) is 2.99. The van der Waals surface area contributed by atoms with Gasteiger partial charge in [0.2, 0.25) is 0 Å². The van der Waals surface area contributed by atoms with E-state index in [-0.39, 0.29) is 23.7 Å². The largest absolute Gasteiger partial charge is 0.490 e. The van der Waals surface area contributed by atoms with E-state index in [1.165, 1.54) is 18.9 Å². The maximum absolute atomic E-state index is 13.5. The summed E-state index contributed by atoms with van der Waals surface area (Å²) in [4.78, 5) is 0. The van der Waals surface area contributed by atoms with Gasteiger partial charge in [-0.3, -0.25) is 0 Å². The van der Waals surface area contributed by atoms with Crippen LogP contribution in [-0.2, 0) is 0 Å². The molecule has 1 atom stereocenters. The first-order valence-electron chi connectivity index (χ1n) is 6.80. The molecule has 0 spiro atoms. The van der Waals surface area contributed by atoms with Gasteiger partial charge in [-0.25, -0.2) is 4.39 Å². The molecular formula is C15H22FNO2. The lowest BCUT2D eigenvalue weighted by molar-refractivity contribution is 0.141. The Kier molecular flexibility index (Phi) is 4.42. The van der Waals surface area contributed by atoms with E-state index in [9.17, 15) is 9.50 Å². The minimum absolute atomic E-state index is 0.0587. The fourth-order valence-electron chi connectivity index (χ4n) is 2.02. The molecule has 0 bridgehead atoms. The summed E-state index contributed by atoms with van der Waals surface area (Å²) in [7, 11) is 0. The molecular weight excluding hydrogens is 245 g/mol. The van der Waals surface area contributed by atoms with E-state index < -0.39 is 0 Å². The Balaban J connectivity index is 1.85.